The summed E-state index contributed by atoms with van der Waals surface area (Å²) in [6.07, 6.45) is 1.10. The highest BCUT2D eigenvalue weighted by Crippen LogP contribution is 2.31. The van der Waals surface area contributed by atoms with Crippen molar-refractivity contribution in [1.82, 2.24) is 0 Å². The second-order valence-corrected chi connectivity index (χ2v) is 4.80. The molecule has 1 aliphatic rings. The molecule has 1 heterocycles. The molecule has 2 aromatic rings. The van der Waals surface area contributed by atoms with E-state index in [1.165, 1.54) is 16.8 Å². The number of nitrogens with two attached hydrogens (primary N) is 2. The quantitative estimate of drug-likeness (QED) is 0.791. The standard InChI is InChI=1S/C15H17N3/c16-13-3-1-2-11(8-13)10-18-7-6-12-4-5-14(17)9-15(12)18/h1-5,8-9H,6-7,10,16-17H2. The van der Waals surface area contributed by atoms with Crippen LogP contribution in [0.1, 0.15) is 11.1 Å². The lowest BCUT2D eigenvalue weighted by molar-refractivity contribution is 0.836. The van der Waals surface area contributed by atoms with Crippen LogP contribution in [0.15, 0.2) is 42.5 Å². The van der Waals surface area contributed by atoms with Crippen molar-refractivity contribution in [3.8, 4) is 0 Å². The number of fused-ring (bicyclic) bond motifs is 1. The number of anilines is 3. The van der Waals surface area contributed by atoms with Gasteiger partial charge in [0, 0.05) is 30.2 Å². The molecule has 92 valence electrons. The van der Waals surface area contributed by atoms with Crippen molar-refractivity contribution in [2.24, 2.45) is 0 Å². The van der Waals surface area contributed by atoms with Crippen LogP contribution in [0.4, 0.5) is 17.1 Å². The molecule has 0 saturated heterocycles. The molecule has 0 saturated carbocycles. The van der Waals surface area contributed by atoms with Crippen molar-refractivity contribution in [2.75, 3.05) is 22.9 Å². The predicted octanol–water partition coefficient (Wildman–Crippen LogP) is 2.41. The van der Waals surface area contributed by atoms with E-state index in [4.69, 9.17) is 11.5 Å². The lowest BCUT2D eigenvalue weighted by Crippen LogP contribution is -2.19. The Morgan fingerprint density at radius 2 is 1.83 bits per heavy atom. The molecule has 0 aromatic heterocycles. The summed E-state index contributed by atoms with van der Waals surface area (Å²) in [5.41, 5.74) is 17.2. The van der Waals surface area contributed by atoms with Crippen molar-refractivity contribution >= 4 is 17.1 Å². The smallest absolute Gasteiger partial charge is 0.0430 e. The van der Waals surface area contributed by atoms with Gasteiger partial charge in [-0.1, -0.05) is 18.2 Å². The highest BCUT2D eigenvalue weighted by atomic mass is 15.1. The van der Waals surface area contributed by atoms with Gasteiger partial charge in [0.05, 0.1) is 0 Å². The van der Waals surface area contributed by atoms with Crippen LogP contribution in [-0.2, 0) is 13.0 Å². The Balaban J connectivity index is 1.86. The molecule has 3 heteroatoms. The molecule has 3 rings (SSSR count). The highest BCUT2D eigenvalue weighted by Gasteiger charge is 2.18. The van der Waals surface area contributed by atoms with E-state index in [0.717, 1.165) is 30.9 Å². The number of hydrogen-bond acceptors (Lipinski definition) is 3. The van der Waals surface area contributed by atoms with E-state index in [0.29, 0.717) is 0 Å². The summed E-state index contributed by atoms with van der Waals surface area (Å²) in [6, 6.07) is 14.2. The summed E-state index contributed by atoms with van der Waals surface area (Å²) >= 11 is 0. The van der Waals surface area contributed by atoms with Crippen LogP contribution in [0.5, 0.6) is 0 Å². The zero-order chi connectivity index (χ0) is 12.5. The Morgan fingerprint density at radius 3 is 2.67 bits per heavy atom. The van der Waals surface area contributed by atoms with Gasteiger partial charge in [0.15, 0.2) is 0 Å². The number of rotatable bonds is 2. The Bertz CT molecular complexity index is 578. The SMILES string of the molecule is Nc1cccc(CN2CCc3ccc(N)cc32)c1. The summed E-state index contributed by atoms with van der Waals surface area (Å²) < 4.78 is 0. The van der Waals surface area contributed by atoms with Crippen LogP contribution >= 0.6 is 0 Å². The van der Waals surface area contributed by atoms with E-state index in [-0.39, 0.29) is 0 Å². The van der Waals surface area contributed by atoms with Crippen molar-refractivity contribution in [1.29, 1.82) is 0 Å². The molecule has 18 heavy (non-hydrogen) atoms. The average molecular weight is 239 g/mol. The number of hydrogen-bond donors (Lipinski definition) is 2. The minimum absolute atomic E-state index is 0.819. The van der Waals surface area contributed by atoms with Crippen LogP contribution in [0.25, 0.3) is 0 Å². The number of benzene rings is 2. The molecule has 0 atom stereocenters. The average Bonchev–Trinajstić information content (AvgIpc) is 2.72. The fourth-order valence-electron chi connectivity index (χ4n) is 2.54. The number of nitrogen functional groups attached to an aromatic ring is 2. The van der Waals surface area contributed by atoms with Gasteiger partial charge in [-0.2, -0.15) is 0 Å². The maximum Gasteiger partial charge on any atom is 0.0430 e. The summed E-state index contributed by atoms with van der Waals surface area (Å²) in [7, 11) is 0. The van der Waals surface area contributed by atoms with Crippen molar-refractivity contribution in [3.63, 3.8) is 0 Å². The minimum Gasteiger partial charge on any atom is -0.399 e. The van der Waals surface area contributed by atoms with Crippen LogP contribution in [0.2, 0.25) is 0 Å². The molecular weight excluding hydrogens is 222 g/mol. The number of nitrogens with zero attached hydrogens (tertiary/aromatic N) is 1. The van der Waals surface area contributed by atoms with E-state index in [1.54, 1.807) is 0 Å². The molecule has 0 radical (unpaired) electrons. The van der Waals surface area contributed by atoms with Gasteiger partial charge in [-0.25, -0.2) is 0 Å². The van der Waals surface area contributed by atoms with Crippen LogP contribution in [-0.4, -0.2) is 6.54 Å². The van der Waals surface area contributed by atoms with E-state index in [2.05, 4.69) is 23.1 Å². The zero-order valence-corrected chi connectivity index (χ0v) is 10.3. The molecule has 0 amide bonds. The second kappa shape index (κ2) is 4.26. The molecule has 2 aromatic carbocycles. The Labute approximate surface area is 107 Å². The molecule has 0 unspecified atom stereocenters. The van der Waals surface area contributed by atoms with Crippen LogP contribution in [0, 0.1) is 0 Å². The maximum atomic E-state index is 5.86. The molecular formula is C15H17N3. The predicted molar refractivity (Wildman–Crippen MR) is 76.5 cm³/mol. The first-order valence-electron chi connectivity index (χ1n) is 6.20. The maximum absolute atomic E-state index is 5.86. The van der Waals surface area contributed by atoms with Gasteiger partial charge in [-0.3, -0.25) is 0 Å². The largest absolute Gasteiger partial charge is 0.399 e. The van der Waals surface area contributed by atoms with Crippen molar-refractivity contribution in [2.45, 2.75) is 13.0 Å². The Kier molecular flexibility index (Phi) is 2.59. The summed E-state index contributed by atoms with van der Waals surface area (Å²) in [6.45, 7) is 1.94. The van der Waals surface area contributed by atoms with Gasteiger partial charge >= 0.3 is 0 Å². The Hall–Kier alpha value is -2.16. The third kappa shape index (κ3) is 1.99. The van der Waals surface area contributed by atoms with Gasteiger partial charge in [0.1, 0.15) is 0 Å². The van der Waals surface area contributed by atoms with Gasteiger partial charge in [-0.15, -0.1) is 0 Å². The summed E-state index contributed by atoms with van der Waals surface area (Å²) in [5.74, 6) is 0. The van der Waals surface area contributed by atoms with Crippen molar-refractivity contribution < 1.29 is 0 Å². The van der Waals surface area contributed by atoms with Crippen LogP contribution in [0.3, 0.4) is 0 Å². The van der Waals surface area contributed by atoms with Gasteiger partial charge in [0.2, 0.25) is 0 Å². The third-order valence-electron chi connectivity index (χ3n) is 3.43. The first-order chi connectivity index (χ1) is 8.72. The molecule has 3 nitrogen and oxygen atoms in total. The van der Waals surface area contributed by atoms with Crippen LogP contribution < -0.4 is 16.4 Å². The lowest BCUT2D eigenvalue weighted by atomic mass is 10.1. The highest BCUT2D eigenvalue weighted by molar-refractivity contribution is 5.64. The monoisotopic (exact) mass is 239 g/mol. The molecule has 1 aliphatic heterocycles. The molecule has 0 aliphatic carbocycles. The van der Waals surface area contributed by atoms with E-state index in [1.807, 2.05) is 24.3 Å². The van der Waals surface area contributed by atoms with E-state index < -0.39 is 0 Å². The Morgan fingerprint density at radius 1 is 1.00 bits per heavy atom. The summed E-state index contributed by atoms with van der Waals surface area (Å²) in [4.78, 5) is 2.36. The van der Waals surface area contributed by atoms with Gasteiger partial charge in [-0.05, 0) is 41.8 Å². The van der Waals surface area contributed by atoms with E-state index in [9.17, 15) is 0 Å². The second-order valence-electron chi connectivity index (χ2n) is 4.80. The third-order valence-corrected chi connectivity index (χ3v) is 3.43. The zero-order valence-electron chi connectivity index (χ0n) is 10.3. The van der Waals surface area contributed by atoms with Crippen molar-refractivity contribution in [3.05, 3.63) is 53.6 Å². The molecule has 0 bridgehead atoms. The first kappa shape index (κ1) is 11.0. The van der Waals surface area contributed by atoms with E-state index >= 15 is 0 Å². The van der Waals surface area contributed by atoms with Gasteiger partial charge < -0.3 is 16.4 Å². The molecule has 0 fully saturated rings. The molecule has 0 spiro atoms. The fourth-order valence-corrected chi connectivity index (χ4v) is 2.54. The first-order valence-corrected chi connectivity index (χ1v) is 6.20. The lowest BCUT2D eigenvalue weighted by Gasteiger charge is -2.20. The fraction of sp³-hybridized carbons (Fsp3) is 0.200. The van der Waals surface area contributed by atoms with Gasteiger partial charge in [0.25, 0.3) is 0 Å². The topological polar surface area (TPSA) is 55.3 Å². The minimum atomic E-state index is 0.819. The summed E-state index contributed by atoms with van der Waals surface area (Å²) in [5, 5.41) is 0. The molecule has 4 N–H and O–H groups in total. The normalized spacial score (nSPS) is 13.7.